The predicted molar refractivity (Wildman–Crippen MR) is 152 cm³/mol. The van der Waals surface area contributed by atoms with Gasteiger partial charge in [-0.1, -0.05) is 96.8 Å². The monoisotopic (exact) mass is 606 g/mol. The largest absolute Gasteiger partial charge is 0.472 e. The van der Waals surface area contributed by atoms with Gasteiger partial charge in [0.25, 0.3) is 5.56 Å². The molecule has 0 bridgehead atoms. The highest BCUT2D eigenvalue weighted by molar-refractivity contribution is 7.47. The molecule has 236 valence electrons. The van der Waals surface area contributed by atoms with Crippen molar-refractivity contribution in [2.75, 3.05) is 13.2 Å². The van der Waals surface area contributed by atoms with E-state index in [1.165, 1.54) is 70.6 Å². The number of nitrogens with zero attached hydrogens (tertiary/aromatic N) is 1. The number of phosphoric ester groups is 1. The smallest absolute Gasteiger partial charge is 0.379 e. The summed E-state index contributed by atoms with van der Waals surface area (Å²) in [6.07, 6.45) is 15.3. The number of aliphatic hydroxyl groups is 1. The van der Waals surface area contributed by atoms with Crippen molar-refractivity contribution in [3.63, 3.8) is 0 Å². The lowest BCUT2D eigenvalue weighted by molar-refractivity contribution is -0.144. The number of carbonyl (C=O) groups excluding carboxylic acids is 1. The fourth-order valence-corrected chi connectivity index (χ4v) is 5.74. The molecule has 1 aromatic heterocycles. The number of ether oxygens (including phenoxy) is 1. The molecule has 4 atom stereocenters. The van der Waals surface area contributed by atoms with Crippen molar-refractivity contribution in [3.05, 3.63) is 32.9 Å². The van der Waals surface area contributed by atoms with Gasteiger partial charge in [-0.2, -0.15) is 4.39 Å². The maximum atomic E-state index is 13.7. The molecule has 41 heavy (non-hydrogen) atoms. The Balaban J connectivity index is 1.63. The quantitative estimate of drug-likeness (QED) is 0.118. The molecule has 3 N–H and O–H groups in total. The first-order valence-electron chi connectivity index (χ1n) is 15.0. The minimum atomic E-state index is -4.51. The highest BCUT2D eigenvalue weighted by Crippen LogP contribution is 2.46. The number of unbranched alkanes of at least 4 members (excludes halogenated alkanes) is 14. The van der Waals surface area contributed by atoms with Gasteiger partial charge in [-0.3, -0.25) is 28.2 Å². The molecule has 2 heterocycles. The Hall–Kier alpha value is -1.69. The average Bonchev–Trinajstić information content (AvgIpc) is 3.26. The molecule has 0 radical (unpaired) electrons. The van der Waals surface area contributed by atoms with Gasteiger partial charge in [0.2, 0.25) is 5.82 Å². The lowest BCUT2D eigenvalue weighted by Gasteiger charge is -2.25. The number of ketones is 1. The van der Waals surface area contributed by atoms with E-state index in [0.29, 0.717) is 17.2 Å². The van der Waals surface area contributed by atoms with E-state index in [9.17, 15) is 33.3 Å². The molecular weight excluding hydrogens is 558 g/mol. The predicted octanol–water partition coefficient (Wildman–Crippen LogP) is 5.29. The molecule has 0 saturated carbocycles. The zero-order valence-electron chi connectivity index (χ0n) is 24.5. The molecular formula is C28H48FN2O9P. The van der Waals surface area contributed by atoms with Crippen LogP contribution >= 0.6 is 7.82 Å². The van der Waals surface area contributed by atoms with Crippen molar-refractivity contribution in [1.82, 2.24) is 9.55 Å². The molecule has 1 fully saturated rings. The van der Waals surface area contributed by atoms with E-state index in [-0.39, 0.29) is 6.61 Å². The zero-order valence-corrected chi connectivity index (χ0v) is 25.4. The molecule has 0 aliphatic carbocycles. The number of hydrogen-bond donors (Lipinski definition) is 3. The van der Waals surface area contributed by atoms with E-state index in [1.54, 1.807) is 4.98 Å². The average molecular weight is 607 g/mol. The summed E-state index contributed by atoms with van der Waals surface area (Å²) in [4.78, 5) is 47.3. The van der Waals surface area contributed by atoms with E-state index in [0.717, 1.165) is 26.2 Å². The van der Waals surface area contributed by atoms with Crippen LogP contribution in [0.5, 0.6) is 0 Å². The summed E-state index contributed by atoms with van der Waals surface area (Å²) >= 11 is 0. The summed E-state index contributed by atoms with van der Waals surface area (Å²) in [5.74, 6) is -2.00. The number of rotatable bonds is 22. The summed E-state index contributed by atoms with van der Waals surface area (Å²) in [7, 11) is -4.51. The van der Waals surface area contributed by atoms with Crippen molar-refractivity contribution in [2.45, 2.75) is 135 Å². The van der Waals surface area contributed by atoms with Crippen molar-refractivity contribution in [2.24, 2.45) is 0 Å². The second-order valence-corrected chi connectivity index (χ2v) is 12.4. The number of H-pyrrole nitrogens is 1. The highest BCUT2D eigenvalue weighted by Gasteiger charge is 2.52. The van der Waals surface area contributed by atoms with E-state index in [1.807, 2.05) is 0 Å². The van der Waals surface area contributed by atoms with Crippen molar-refractivity contribution < 1.29 is 37.5 Å². The first kappa shape index (κ1) is 35.5. The molecule has 1 aliphatic heterocycles. The van der Waals surface area contributed by atoms with E-state index in [2.05, 4.69) is 6.92 Å². The van der Waals surface area contributed by atoms with Gasteiger partial charge in [-0.05, 0) is 13.3 Å². The Morgan fingerprint density at radius 3 is 2.05 bits per heavy atom. The van der Waals surface area contributed by atoms with Crippen molar-refractivity contribution in [1.29, 1.82) is 0 Å². The van der Waals surface area contributed by atoms with Crippen LogP contribution in [-0.2, 0) is 23.1 Å². The topological polar surface area (TPSA) is 157 Å². The third-order valence-corrected chi connectivity index (χ3v) is 8.56. The molecule has 1 unspecified atom stereocenters. The molecule has 11 nitrogen and oxygen atoms in total. The van der Waals surface area contributed by atoms with Gasteiger partial charge in [0.05, 0.1) is 19.4 Å². The van der Waals surface area contributed by atoms with Crippen LogP contribution in [0.1, 0.15) is 123 Å². The number of carbonyl (C=O) groups is 1. The zero-order chi connectivity index (χ0) is 30.3. The number of nitrogens with one attached hydrogen (secondary N) is 1. The Morgan fingerprint density at radius 2 is 1.54 bits per heavy atom. The summed E-state index contributed by atoms with van der Waals surface area (Å²) in [5.41, 5.74) is -4.41. The van der Waals surface area contributed by atoms with Crippen LogP contribution in [0.3, 0.4) is 0 Å². The van der Waals surface area contributed by atoms with Gasteiger partial charge in [0.15, 0.2) is 11.4 Å². The standard InChI is InChI=1S/C28H48FN2O9P/c1-3-4-5-6-7-8-9-10-11-12-13-14-15-16-17-18-38-41(36,37)39-21-24-28(35,22(2)32)19-25(40-24)31-20-23(29)26(33)30-27(31)34/h20,24-25,35H,3-19,21H2,1-2H3,(H,36,37)(H,30,33,34)/t24-,25-,28-/m1/s1. The van der Waals surface area contributed by atoms with E-state index >= 15 is 0 Å². The second-order valence-electron chi connectivity index (χ2n) is 11.0. The maximum Gasteiger partial charge on any atom is 0.472 e. The Labute approximate surface area is 241 Å². The van der Waals surface area contributed by atoms with Crippen LogP contribution in [0.2, 0.25) is 0 Å². The third-order valence-electron chi connectivity index (χ3n) is 7.58. The molecule has 2 rings (SSSR count). The van der Waals surface area contributed by atoms with Crippen LogP contribution in [0.25, 0.3) is 0 Å². The Bertz CT molecular complexity index is 1100. The van der Waals surface area contributed by atoms with Crippen LogP contribution in [0.4, 0.5) is 4.39 Å². The number of aromatic nitrogens is 2. The number of Topliss-reactive ketones (excluding diaryl/α,β-unsaturated/α-hetero) is 1. The number of phosphoric acid groups is 1. The molecule has 1 saturated heterocycles. The molecule has 0 spiro atoms. The molecule has 0 aromatic carbocycles. The fraction of sp³-hybridized carbons (Fsp3) is 0.821. The van der Waals surface area contributed by atoms with Crippen LogP contribution in [0, 0.1) is 5.82 Å². The summed E-state index contributed by atoms with van der Waals surface area (Å²) in [5, 5.41) is 10.8. The van der Waals surface area contributed by atoms with Gasteiger partial charge < -0.3 is 14.7 Å². The lowest BCUT2D eigenvalue weighted by atomic mass is 9.91. The summed E-state index contributed by atoms with van der Waals surface area (Å²) in [6.45, 7) is 2.63. The SMILES string of the molecule is CCCCCCCCCCCCCCCCCOP(=O)(O)OC[C@H]1O[C@@H](n2cc(F)c(=O)[nH]c2=O)C[C@@]1(O)C(C)=O. The number of aromatic amines is 1. The van der Waals surface area contributed by atoms with Crippen LogP contribution in [-0.4, -0.2) is 50.3 Å². The minimum absolute atomic E-state index is 0.00318. The molecule has 0 amide bonds. The van der Waals surface area contributed by atoms with Gasteiger partial charge in [0.1, 0.15) is 12.3 Å². The van der Waals surface area contributed by atoms with Gasteiger partial charge in [0, 0.05) is 6.42 Å². The molecule has 13 heteroatoms. The molecule has 1 aromatic rings. The maximum absolute atomic E-state index is 13.7. The highest BCUT2D eigenvalue weighted by atomic mass is 31.2. The van der Waals surface area contributed by atoms with Crippen LogP contribution in [0.15, 0.2) is 15.8 Å². The van der Waals surface area contributed by atoms with Crippen molar-refractivity contribution >= 4 is 13.6 Å². The van der Waals surface area contributed by atoms with Crippen LogP contribution < -0.4 is 11.2 Å². The first-order valence-corrected chi connectivity index (χ1v) is 16.5. The fourth-order valence-electron chi connectivity index (χ4n) is 4.99. The normalized spacial score (nSPS) is 22.2. The van der Waals surface area contributed by atoms with Gasteiger partial charge >= 0.3 is 13.5 Å². The Kier molecular flexibility index (Phi) is 15.7. The van der Waals surface area contributed by atoms with Gasteiger partial charge in [-0.25, -0.2) is 9.36 Å². The van der Waals surface area contributed by atoms with E-state index < -0.39 is 61.6 Å². The van der Waals surface area contributed by atoms with Gasteiger partial charge in [-0.15, -0.1) is 0 Å². The number of hydrogen-bond acceptors (Lipinski definition) is 8. The summed E-state index contributed by atoms with van der Waals surface area (Å²) in [6, 6.07) is 0. The summed E-state index contributed by atoms with van der Waals surface area (Å²) < 4.78 is 42.2. The van der Waals surface area contributed by atoms with Crippen molar-refractivity contribution in [3.8, 4) is 0 Å². The first-order chi connectivity index (χ1) is 19.5. The Morgan fingerprint density at radius 1 is 1.02 bits per heavy atom. The number of halogens is 1. The van der Waals surface area contributed by atoms with E-state index in [4.69, 9.17) is 13.8 Å². The lowest BCUT2D eigenvalue weighted by Crippen LogP contribution is -2.47. The third kappa shape index (κ3) is 12.2. The second kappa shape index (κ2) is 18.1. The minimum Gasteiger partial charge on any atom is -0.379 e. The molecule has 1 aliphatic rings.